The van der Waals surface area contributed by atoms with Crippen molar-refractivity contribution in [2.75, 3.05) is 0 Å². The van der Waals surface area contributed by atoms with Crippen LogP contribution >= 0.6 is 23.4 Å². The molecule has 5 aromatic rings. The summed E-state index contributed by atoms with van der Waals surface area (Å²) in [7, 11) is 0. The molecule has 0 aliphatic carbocycles. The van der Waals surface area contributed by atoms with Gasteiger partial charge in [-0.3, -0.25) is 14.2 Å². The van der Waals surface area contributed by atoms with E-state index in [0.29, 0.717) is 38.1 Å². The van der Waals surface area contributed by atoms with Crippen molar-refractivity contribution in [1.82, 2.24) is 18.9 Å². The number of halogens is 1. The van der Waals surface area contributed by atoms with Crippen LogP contribution in [0.1, 0.15) is 23.0 Å². The maximum Gasteiger partial charge on any atom is 0.266 e. The first-order valence-corrected chi connectivity index (χ1v) is 11.2. The minimum atomic E-state index is -0.157. The van der Waals surface area contributed by atoms with Gasteiger partial charge in [0.25, 0.3) is 5.56 Å². The lowest BCUT2D eigenvalue weighted by atomic mass is 10.1. The Balaban J connectivity index is 1.58. The van der Waals surface area contributed by atoms with Gasteiger partial charge in [-0.1, -0.05) is 35.5 Å². The Morgan fingerprint density at radius 2 is 1.78 bits per heavy atom. The van der Waals surface area contributed by atoms with Crippen LogP contribution in [0.2, 0.25) is 5.02 Å². The molecule has 0 radical (unpaired) electrons. The third kappa shape index (κ3) is 3.81. The molecule has 0 aliphatic rings. The van der Waals surface area contributed by atoms with Gasteiger partial charge in [0.2, 0.25) is 0 Å². The summed E-state index contributed by atoms with van der Waals surface area (Å²) in [6, 6.07) is 17.9. The first-order valence-electron chi connectivity index (χ1n) is 9.89. The van der Waals surface area contributed by atoms with Gasteiger partial charge in [0.1, 0.15) is 5.65 Å². The Bertz CT molecular complexity index is 1540. The Labute approximate surface area is 192 Å². The molecule has 158 valence electrons. The van der Waals surface area contributed by atoms with E-state index in [1.165, 1.54) is 18.7 Å². The van der Waals surface area contributed by atoms with Crippen molar-refractivity contribution in [3.8, 4) is 5.69 Å². The van der Waals surface area contributed by atoms with Gasteiger partial charge >= 0.3 is 0 Å². The molecule has 3 heterocycles. The van der Waals surface area contributed by atoms with Gasteiger partial charge in [0.05, 0.1) is 27.3 Å². The van der Waals surface area contributed by atoms with Crippen molar-refractivity contribution in [3.63, 3.8) is 0 Å². The number of hydrogen-bond acceptors (Lipinski definition) is 5. The highest BCUT2D eigenvalue weighted by Gasteiger charge is 2.15. The number of Topliss-reactive ketones (excluding diaryl/α,β-unsaturated/α-hetero) is 1. The average Bonchev–Trinajstić information content (AvgIpc) is 3.20. The molecule has 0 saturated heterocycles. The zero-order valence-corrected chi connectivity index (χ0v) is 18.6. The number of para-hydroxylation sites is 1. The number of imidazole rings is 1. The molecule has 0 N–H and O–H groups in total. The lowest BCUT2D eigenvalue weighted by Crippen LogP contribution is -2.21. The number of pyridine rings is 1. The highest BCUT2D eigenvalue weighted by atomic mass is 35.5. The standard InChI is InChI=1S/C24H17ClN4O2S/c1-15(30)16-6-9-19(10-7-16)29-23(31)20-4-2-3-5-21(20)27-24(29)32-14-18-13-28-12-17(25)8-11-22(28)26-18/h2-13H,14H2,1H3. The van der Waals surface area contributed by atoms with E-state index in [0.717, 1.165) is 11.3 Å². The second kappa shape index (κ2) is 8.26. The van der Waals surface area contributed by atoms with Crippen molar-refractivity contribution < 1.29 is 4.79 Å². The van der Waals surface area contributed by atoms with Gasteiger partial charge in [-0.2, -0.15) is 0 Å². The van der Waals surface area contributed by atoms with Crippen LogP contribution < -0.4 is 5.56 Å². The molecule has 8 heteroatoms. The number of thioether (sulfide) groups is 1. The Kier molecular flexibility index (Phi) is 5.28. The fourth-order valence-corrected chi connectivity index (χ4v) is 4.57. The minimum absolute atomic E-state index is 0.0258. The molecule has 0 spiro atoms. The van der Waals surface area contributed by atoms with Crippen molar-refractivity contribution in [2.45, 2.75) is 17.8 Å². The van der Waals surface area contributed by atoms with E-state index in [9.17, 15) is 9.59 Å². The number of benzene rings is 2. The molecule has 0 fully saturated rings. The molecule has 2 aromatic carbocycles. The number of aromatic nitrogens is 4. The summed E-state index contributed by atoms with van der Waals surface area (Å²) in [5, 5.41) is 1.72. The molecule has 0 amide bonds. The van der Waals surface area contributed by atoms with E-state index >= 15 is 0 Å². The van der Waals surface area contributed by atoms with Crippen LogP contribution in [0.5, 0.6) is 0 Å². The van der Waals surface area contributed by atoms with Crippen LogP contribution in [0.15, 0.2) is 83.0 Å². The monoisotopic (exact) mass is 460 g/mol. The smallest absolute Gasteiger partial charge is 0.266 e. The maximum atomic E-state index is 13.4. The zero-order valence-electron chi connectivity index (χ0n) is 17.0. The summed E-state index contributed by atoms with van der Waals surface area (Å²) in [6.45, 7) is 1.52. The van der Waals surface area contributed by atoms with Crippen molar-refractivity contribution in [3.05, 3.63) is 99.7 Å². The summed E-state index contributed by atoms with van der Waals surface area (Å²) in [5.74, 6) is 0.498. The molecule has 0 unspecified atom stereocenters. The summed E-state index contributed by atoms with van der Waals surface area (Å²) < 4.78 is 3.46. The summed E-state index contributed by atoms with van der Waals surface area (Å²) >= 11 is 7.50. The van der Waals surface area contributed by atoms with E-state index in [-0.39, 0.29) is 11.3 Å². The highest BCUT2D eigenvalue weighted by Crippen LogP contribution is 2.25. The second-order valence-electron chi connectivity index (χ2n) is 7.29. The van der Waals surface area contributed by atoms with Crippen molar-refractivity contribution >= 4 is 45.7 Å². The summed E-state index contributed by atoms with van der Waals surface area (Å²) in [5.41, 5.74) is 3.37. The molecule has 0 aliphatic heterocycles. The van der Waals surface area contributed by atoms with Crippen LogP contribution in [-0.2, 0) is 5.75 Å². The Morgan fingerprint density at radius 1 is 1.00 bits per heavy atom. The van der Waals surface area contributed by atoms with Crippen LogP contribution in [0.4, 0.5) is 0 Å². The highest BCUT2D eigenvalue weighted by molar-refractivity contribution is 7.98. The fourth-order valence-electron chi connectivity index (χ4n) is 3.51. The lowest BCUT2D eigenvalue weighted by molar-refractivity contribution is 0.101. The summed E-state index contributed by atoms with van der Waals surface area (Å²) in [4.78, 5) is 34.4. The fraction of sp³-hybridized carbons (Fsp3) is 0.0833. The van der Waals surface area contributed by atoms with Gasteiger partial charge in [-0.05, 0) is 55.5 Å². The first kappa shape index (κ1) is 20.5. The van der Waals surface area contributed by atoms with Crippen LogP contribution in [0.25, 0.3) is 22.2 Å². The van der Waals surface area contributed by atoms with Gasteiger partial charge in [-0.25, -0.2) is 9.97 Å². The Hall–Kier alpha value is -3.42. The van der Waals surface area contributed by atoms with Gasteiger partial charge in [0, 0.05) is 23.7 Å². The molecule has 3 aromatic heterocycles. The van der Waals surface area contributed by atoms with Crippen LogP contribution in [-0.4, -0.2) is 24.7 Å². The lowest BCUT2D eigenvalue weighted by Gasteiger charge is -2.13. The topological polar surface area (TPSA) is 69.3 Å². The number of carbonyl (C=O) groups excluding carboxylic acids is 1. The number of fused-ring (bicyclic) bond motifs is 2. The predicted molar refractivity (Wildman–Crippen MR) is 127 cm³/mol. The predicted octanol–water partition coefficient (Wildman–Crippen LogP) is 5.18. The number of rotatable bonds is 5. The van der Waals surface area contributed by atoms with E-state index in [1.54, 1.807) is 47.2 Å². The normalized spacial score (nSPS) is 11.3. The van der Waals surface area contributed by atoms with E-state index in [2.05, 4.69) is 4.98 Å². The van der Waals surface area contributed by atoms with E-state index in [4.69, 9.17) is 16.6 Å². The second-order valence-corrected chi connectivity index (χ2v) is 8.67. The SMILES string of the molecule is CC(=O)c1ccc(-n2c(SCc3cn4cc(Cl)ccc4n3)nc3ccccc3c2=O)cc1. The molecule has 0 atom stereocenters. The number of ketones is 1. The van der Waals surface area contributed by atoms with Gasteiger partial charge in [0.15, 0.2) is 10.9 Å². The van der Waals surface area contributed by atoms with E-state index < -0.39 is 0 Å². The third-order valence-electron chi connectivity index (χ3n) is 5.09. The van der Waals surface area contributed by atoms with Crippen LogP contribution in [0.3, 0.4) is 0 Å². The molecule has 6 nitrogen and oxygen atoms in total. The van der Waals surface area contributed by atoms with Crippen LogP contribution in [0, 0.1) is 0 Å². The number of nitrogens with zero attached hydrogens (tertiary/aromatic N) is 4. The molecular weight excluding hydrogens is 444 g/mol. The minimum Gasteiger partial charge on any atom is -0.305 e. The van der Waals surface area contributed by atoms with Gasteiger partial charge < -0.3 is 4.40 Å². The van der Waals surface area contributed by atoms with Gasteiger partial charge in [-0.15, -0.1) is 0 Å². The Morgan fingerprint density at radius 3 is 2.56 bits per heavy atom. The number of hydrogen-bond donors (Lipinski definition) is 0. The zero-order chi connectivity index (χ0) is 22.2. The van der Waals surface area contributed by atoms with E-state index in [1.807, 2.05) is 34.9 Å². The molecule has 5 rings (SSSR count). The molecular formula is C24H17ClN4O2S. The molecule has 0 bridgehead atoms. The van der Waals surface area contributed by atoms with Crippen molar-refractivity contribution in [2.24, 2.45) is 0 Å². The number of carbonyl (C=O) groups is 1. The molecule has 0 saturated carbocycles. The summed E-state index contributed by atoms with van der Waals surface area (Å²) in [6.07, 6.45) is 3.72. The quantitative estimate of drug-likeness (QED) is 0.205. The molecule has 32 heavy (non-hydrogen) atoms. The maximum absolute atomic E-state index is 13.4. The third-order valence-corrected chi connectivity index (χ3v) is 6.29. The largest absolute Gasteiger partial charge is 0.305 e. The van der Waals surface area contributed by atoms with Crippen molar-refractivity contribution in [1.29, 1.82) is 0 Å². The first-order chi connectivity index (χ1) is 15.5. The average molecular weight is 461 g/mol.